The normalized spacial score (nSPS) is 13.1. The Balaban J connectivity index is 2.56. The minimum Gasteiger partial charge on any atom is -0.469 e. The first-order valence-corrected chi connectivity index (χ1v) is 5.81. The average Bonchev–Trinajstić information content (AvgIpc) is 2.35. The van der Waals surface area contributed by atoms with Crippen LogP contribution in [0.15, 0.2) is 24.3 Å². The van der Waals surface area contributed by atoms with Crippen LogP contribution in [0.2, 0.25) is 0 Å². The second-order valence-corrected chi connectivity index (χ2v) is 4.28. The summed E-state index contributed by atoms with van der Waals surface area (Å²) in [5.74, 6) is -0.420. The number of methoxy groups -OCH3 is 1. The fourth-order valence-electron chi connectivity index (χ4n) is 1.65. The molecular weight excluding hydrogens is 259 g/mol. The quantitative estimate of drug-likeness (QED) is 0.840. The highest BCUT2D eigenvalue weighted by Gasteiger charge is 2.30. The lowest BCUT2D eigenvalue weighted by atomic mass is 10.0. The maximum atomic E-state index is 12.5. The van der Waals surface area contributed by atoms with Crippen molar-refractivity contribution in [2.45, 2.75) is 31.5 Å². The van der Waals surface area contributed by atoms with Gasteiger partial charge in [0.05, 0.1) is 19.1 Å². The number of carbonyl (C=O) groups excluding carboxylic acids is 1. The first-order chi connectivity index (χ1) is 8.82. The van der Waals surface area contributed by atoms with Gasteiger partial charge in [-0.05, 0) is 24.5 Å². The van der Waals surface area contributed by atoms with Crippen molar-refractivity contribution >= 4 is 5.97 Å². The molecular formula is C13H16F3NO2. The predicted molar refractivity (Wildman–Crippen MR) is 64.4 cm³/mol. The first kappa shape index (κ1) is 15.5. The largest absolute Gasteiger partial charge is 0.469 e. The summed E-state index contributed by atoms with van der Waals surface area (Å²) in [6.07, 6.45) is -3.46. The molecule has 0 amide bonds. The smallest absolute Gasteiger partial charge is 0.416 e. The molecule has 0 radical (unpaired) electrons. The Morgan fingerprint density at radius 3 is 2.68 bits per heavy atom. The number of rotatable bonds is 5. The number of halogens is 3. The number of nitrogens with two attached hydrogens (primary N) is 1. The molecule has 3 nitrogen and oxygen atoms in total. The van der Waals surface area contributed by atoms with Crippen LogP contribution in [0.3, 0.4) is 0 Å². The van der Waals surface area contributed by atoms with Crippen molar-refractivity contribution in [1.82, 2.24) is 0 Å². The van der Waals surface area contributed by atoms with Gasteiger partial charge < -0.3 is 10.5 Å². The van der Waals surface area contributed by atoms with Gasteiger partial charge in [0.25, 0.3) is 0 Å². The number of hydrogen-bond acceptors (Lipinski definition) is 3. The molecule has 1 aromatic carbocycles. The Morgan fingerprint density at radius 1 is 1.42 bits per heavy atom. The van der Waals surface area contributed by atoms with Gasteiger partial charge >= 0.3 is 12.1 Å². The zero-order chi connectivity index (χ0) is 14.5. The minimum atomic E-state index is -4.34. The fraction of sp³-hybridized carbons (Fsp3) is 0.462. The molecule has 0 fully saturated rings. The molecule has 2 N–H and O–H groups in total. The van der Waals surface area contributed by atoms with Gasteiger partial charge in [0, 0.05) is 6.04 Å². The van der Waals surface area contributed by atoms with Crippen molar-refractivity contribution in [3.63, 3.8) is 0 Å². The summed E-state index contributed by atoms with van der Waals surface area (Å²) in [5, 5.41) is 0. The SMILES string of the molecule is COC(=O)C[C@H](N)CCc1cccc(C(F)(F)F)c1. The van der Waals surface area contributed by atoms with Crippen molar-refractivity contribution in [1.29, 1.82) is 0 Å². The van der Waals surface area contributed by atoms with E-state index >= 15 is 0 Å². The lowest BCUT2D eigenvalue weighted by molar-refractivity contribution is -0.141. The van der Waals surface area contributed by atoms with Crippen LogP contribution in [0.5, 0.6) is 0 Å². The van der Waals surface area contributed by atoms with E-state index in [1.807, 2.05) is 0 Å². The number of ether oxygens (including phenoxy) is 1. The second kappa shape index (κ2) is 6.56. The van der Waals surface area contributed by atoms with E-state index in [4.69, 9.17) is 5.73 Å². The Labute approximate surface area is 109 Å². The monoisotopic (exact) mass is 275 g/mol. The highest BCUT2D eigenvalue weighted by Crippen LogP contribution is 2.29. The number of esters is 1. The van der Waals surface area contributed by atoms with Crippen LogP contribution in [0.1, 0.15) is 24.0 Å². The topological polar surface area (TPSA) is 52.3 Å². The van der Waals surface area contributed by atoms with E-state index in [1.165, 1.54) is 13.2 Å². The molecule has 0 bridgehead atoms. The number of alkyl halides is 3. The van der Waals surface area contributed by atoms with Crippen LogP contribution in [0, 0.1) is 0 Å². The lowest BCUT2D eigenvalue weighted by Gasteiger charge is -2.11. The van der Waals surface area contributed by atoms with Gasteiger partial charge in [-0.1, -0.05) is 18.2 Å². The molecule has 1 rings (SSSR count). The number of aryl methyl sites for hydroxylation is 1. The fourth-order valence-corrected chi connectivity index (χ4v) is 1.65. The standard InChI is InChI=1S/C13H16F3NO2/c1-19-12(18)8-11(17)6-5-9-3-2-4-10(7-9)13(14,15)16/h2-4,7,11H,5-6,8,17H2,1H3/t11-/m1/s1. The number of benzene rings is 1. The molecule has 6 heteroatoms. The molecule has 0 aliphatic rings. The molecule has 0 unspecified atom stereocenters. The summed E-state index contributed by atoms with van der Waals surface area (Å²) in [6, 6.07) is 4.69. The third kappa shape index (κ3) is 5.30. The van der Waals surface area contributed by atoms with Crippen molar-refractivity contribution in [2.75, 3.05) is 7.11 Å². The van der Waals surface area contributed by atoms with Crippen molar-refractivity contribution in [3.05, 3.63) is 35.4 Å². The molecule has 0 spiro atoms. The molecule has 106 valence electrons. The second-order valence-electron chi connectivity index (χ2n) is 4.28. The zero-order valence-electron chi connectivity index (χ0n) is 10.5. The van der Waals surface area contributed by atoms with Gasteiger partial charge in [-0.3, -0.25) is 4.79 Å². The summed E-state index contributed by atoms with van der Waals surface area (Å²) >= 11 is 0. The van der Waals surface area contributed by atoms with Gasteiger partial charge in [0.15, 0.2) is 0 Å². The third-order valence-electron chi connectivity index (χ3n) is 2.71. The van der Waals surface area contributed by atoms with Crippen molar-refractivity contribution in [3.8, 4) is 0 Å². The van der Waals surface area contributed by atoms with Gasteiger partial charge in [-0.25, -0.2) is 0 Å². The third-order valence-corrected chi connectivity index (χ3v) is 2.71. The van der Waals surface area contributed by atoms with Crippen LogP contribution in [0.25, 0.3) is 0 Å². The van der Waals surface area contributed by atoms with Crippen LogP contribution in [-0.4, -0.2) is 19.1 Å². The Hall–Kier alpha value is -1.56. The predicted octanol–water partition coefficient (Wildman–Crippen LogP) is 2.53. The van der Waals surface area contributed by atoms with Gasteiger partial charge in [0.2, 0.25) is 0 Å². The van der Waals surface area contributed by atoms with Crippen LogP contribution < -0.4 is 5.73 Å². The molecule has 0 aromatic heterocycles. The molecule has 0 aliphatic heterocycles. The first-order valence-electron chi connectivity index (χ1n) is 5.81. The van der Waals surface area contributed by atoms with E-state index in [1.54, 1.807) is 6.07 Å². The van der Waals surface area contributed by atoms with E-state index in [9.17, 15) is 18.0 Å². The van der Waals surface area contributed by atoms with Crippen LogP contribution in [0.4, 0.5) is 13.2 Å². The van der Waals surface area contributed by atoms with Crippen molar-refractivity contribution < 1.29 is 22.7 Å². The van der Waals surface area contributed by atoms with E-state index < -0.39 is 23.8 Å². The molecule has 0 heterocycles. The molecule has 1 atom stereocenters. The van der Waals surface area contributed by atoms with Crippen molar-refractivity contribution in [2.24, 2.45) is 5.73 Å². The van der Waals surface area contributed by atoms with Crippen LogP contribution in [-0.2, 0) is 22.1 Å². The van der Waals surface area contributed by atoms with E-state index in [2.05, 4.69) is 4.74 Å². The maximum absolute atomic E-state index is 12.5. The summed E-state index contributed by atoms with van der Waals surface area (Å²) in [5.41, 5.74) is 5.58. The summed E-state index contributed by atoms with van der Waals surface area (Å²) in [6.45, 7) is 0. The summed E-state index contributed by atoms with van der Waals surface area (Å²) in [7, 11) is 1.27. The maximum Gasteiger partial charge on any atom is 0.416 e. The highest BCUT2D eigenvalue weighted by atomic mass is 19.4. The Bertz CT molecular complexity index is 432. The van der Waals surface area contributed by atoms with E-state index in [0.717, 1.165) is 12.1 Å². The zero-order valence-corrected chi connectivity index (χ0v) is 10.5. The van der Waals surface area contributed by atoms with Crippen LogP contribution >= 0.6 is 0 Å². The molecule has 0 aliphatic carbocycles. The van der Waals surface area contributed by atoms with Gasteiger partial charge in [-0.15, -0.1) is 0 Å². The Morgan fingerprint density at radius 2 is 2.11 bits per heavy atom. The molecule has 1 aromatic rings. The molecule has 19 heavy (non-hydrogen) atoms. The lowest BCUT2D eigenvalue weighted by Crippen LogP contribution is -2.25. The Kier molecular flexibility index (Phi) is 5.35. The number of hydrogen-bond donors (Lipinski definition) is 1. The van der Waals surface area contributed by atoms with Gasteiger partial charge in [0.1, 0.15) is 0 Å². The minimum absolute atomic E-state index is 0.0649. The molecule has 0 saturated carbocycles. The average molecular weight is 275 g/mol. The van der Waals surface area contributed by atoms with E-state index in [0.29, 0.717) is 18.4 Å². The molecule has 0 saturated heterocycles. The highest BCUT2D eigenvalue weighted by molar-refractivity contribution is 5.69. The summed E-state index contributed by atoms with van der Waals surface area (Å²) in [4.78, 5) is 11.0. The summed E-state index contributed by atoms with van der Waals surface area (Å²) < 4.78 is 42.0. The van der Waals surface area contributed by atoms with Gasteiger partial charge in [-0.2, -0.15) is 13.2 Å². The van der Waals surface area contributed by atoms with E-state index in [-0.39, 0.29) is 6.42 Å². The number of carbonyl (C=O) groups is 1.